The number of nitrogens with zero attached hydrogens (tertiary/aromatic N) is 2. The number of rotatable bonds is 7. The average molecular weight is 399 g/mol. The lowest BCUT2D eigenvalue weighted by molar-refractivity contribution is -0.116. The number of carbonyl (C=O) groups excluding carboxylic acids is 1. The molecular formula is C24H21N3O3. The molecule has 0 unspecified atom stereocenters. The summed E-state index contributed by atoms with van der Waals surface area (Å²) in [6.45, 7) is 0.423. The standard InChI is InChI=1S/C24H21N3O3/c28-23(15-8-16-27-17-25-20-12-5-4-11-19(20)24(27)29)26-21-13-6-7-14-22(21)30-18-9-2-1-3-10-18/h1-7,9-14,17H,8,15-16H2,(H,26,28). The molecule has 1 amide bonds. The van der Waals surface area contributed by atoms with Crippen molar-refractivity contribution < 1.29 is 9.53 Å². The first-order chi connectivity index (χ1) is 14.7. The van der Waals surface area contributed by atoms with Crippen LogP contribution in [0.25, 0.3) is 10.9 Å². The number of hydrogen-bond donors (Lipinski definition) is 1. The lowest BCUT2D eigenvalue weighted by atomic mass is 10.2. The quantitative estimate of drug-likeness (QED) is 0.493. The van der Waals surface area contributed by atoms with Gasteiger partial charge in [0.05, 0.1) is 22.9 Å². The van der Waals surface area contributed by atoms with Crippen LogP contribution in [0.2, 0.25) is 0 Å². The predicted molar refractivity (Wildman–Crippen MR) is 117 cm³/mol. The van der Waals surface area contributed by atoms with Gasteiger partial charge in [-0.3, -0.25) is 14.2 Å². The van der Waals surface area contributed by atoms with Crippen LogP contribution < -0.4 is 15.6 Å². The first kappa shape index (κ1) is 19.4. The van der Waals surface area contributed by atoms with Crippen molar-refractivity contribution in [1.29, 1.82) is 0 Å². The minimum atomic E-state index is -0.138. The van der Waals surface area contributed by atoms with Gasteiger partial charge < -0.3 is 10.1 Å². The summed E-state index contributed by atoms with van der Waals surface area (Å²) in [5.74, 6) is 1.13. The van der Waals surface area contributed by atoms with Gasteiger partial charge in [-0.15, -0.1) is 0 Å². The molecule has 0 atom stereocenters. The van der Waals surface area contributed by atoms with Crippen LogP contribution >= 0.6 is 0 Å². The fourth-order valence-corrected chi connectivity index (χ4v) is 3.16. The zero-order valence-corrected chi connectivity index (χ0v) is 16.3. The Hall–Kier alpha value is -3.93. The third kappa shape index (κ3) is 4.55. The van der Waals surface area contributed by atoms with Crippen LogP contribution in [0.4, 0.5) is 5.69 Å². The van der Waals surface area contributed by atoms with Crippen LogP contribution in [-0.2, 0) is 11.3 Å². The number of benzene rings is 3. The second kappa shape index (κ2) is 9.05. The molecule has 0 aliphatic heterocycles. The number of carbonyl (C=O) groups is 1. The molecule has 6 nitrogen and oxygen atoms in total. The first-order valence-electron chi connectivity index (χ1n) is 9.77. The number of fused-ring (bicyclic) bond motifs is 1. The van der Waals surface area contributed by atoms with Crippen molar-refractivity contribution in [3.63, 3.8) is 0 Å². The molecule has 0 radical (unpaired) electrons. The zero-order valence-electron chi connectivity index (χ0n) is 16.3. The highest BCUT2D eigenvalue weighted by atomic mass is 16.5. The summed E-state index contributed by atoms with van der Waals surface area (Å²) in [7, 11) is 0. The number of aryl methyl sites for hydroxylation is 1. The van der Waals surface area contributed by atoms with Crippen molar-refractivity contribution in [1.82, 2.24) is 9.55 Å². The third-order valence-corrected chi connectivity index (χ3v) is 4.67. The number of ether oxygens (including phenoxy) is 1. The van der Waals surface area contributed by atoms with Crippen molar-refractivity contribution in [2.24, 2.45) is 0 Å². The largest absolute Gasteiger partial charge is 0.455 e. The van der Waals surface area contributed by atoms with E-state index in [1.165, 1.54) is 6.33 Å². The minimum Gasteiger partial charge on any atom is -0.455 e. The van der Waals surface area contributed by atoms with Gasteiger partial charge in [0, 0.05) is 13.0 Å². The molecule has 3 aromatic carbocycles. The number of aromatic nitrogens is 2. The Labute approximate surface area is 173 Å². The van der Waals surface area contributed by atoms with Crippen LogP contribution in [0, 0.1) is 0 Å². The summed E-state index contributed by atoms with van der Waals surface area (Å²) >= 11 is 0. The number of hydrogen-bond acceptors (Lipinski definition) is 4. The molecule has 0 aliphatic carbocycles. The van der Waals surface area contributed by atoms with E-state index in [-0.39, 0.29) is 17.9 Å². The smallest absolute Gasteiger partial charge is 0.261 e. The van der Waals surface area contributed by atoms with Gasteiger partial charge in [0.15, 0.2) is 5.75 Å². The maximum Gasteiger partial charge on any atom is 0.261 e. The van der Waals surface area contributed by atoms with Crippen molar-refractivity contribution >= 4 is 22.5 Å². The fraction of sp³-hybridized carbons (Fsp3) is 0.125. The fourth-order valence-electron chi connectivity index (χ4n) is 3.16. The van der Waals surface area contributed by atoms with Gasteiger partial charge in [0.2, 0.25) is 5.91 Å². The van der Waals surface area contributed by atoms with E-state index < -0.39 is 0 Å². The molecule has 150 valence electrons. The molecule has 0 bridgehead atoms. The van der Waals surface area contributed by atoms with Crippen molar-refractivity contribution in [2.75, 3.05) is 5.32 Å². The molecule has 0 saturated carbocycles. The van der Waals surface area contributed by atoms with Gasteiger partial charge in [0.1, 0.15) is 5.75 Å². The van der Waals surface area contributed by atoms with Gasteiger partial charge in [-0.1, -0.05) is 42.5 Å². The predicted octanol–water partition coefficient (Wildman–Crippen LogP) is 4.61. The maximum absolute atomic E-state index is 12.5. The SMILES string of the molecule is O=C(CCCn1cnc2ccccc2c1=O)Nc1ccccc1Oc1ccccc1. The number of nitrogens with one attached hydrogen (secondary N) is 1. The molecular weight excluding hydrogens is 378 g/mol. The van der Waals surface area contributed by atoms with E-state index in [9.17, 15) is 9.59 Å². The Bertz CT molecular complexity index is 1220. The molecule has 0 fully saturated rings. The molecule has 1 aromatic heterocycles. The van der Waals surface area contributed by atoms with E-state index in [1.807, 2.05) is 66.7 Å². The monoisotopic (exact) mass is 399 g/mol. The van der Waals surface area contributed by atoms with Gasteiger partial charge in [0.25, 0.3) is 5.56 Å². The third-order valence-electron chi connectivity index (χ3n) is 4.67. The summed E-state index contributed by atoms with van der Waals surface area (Å²) < 4.78 is 7.42. The molecule has 6 heteroatoms. The van der Waals surface area contributed by atoms with Crippen molar-refractivity contribution in [3.8, 4) is 11.5 Å². The second-order valence-corrected chi connectivity index (χ2v) is 6.82. The van der Waals surface area contributed by atoms with Gasteiger partial charge in [-0.05, 0) is 42.8 Å². The molecule has 1 heterocycles. The molecule has 1 N–H and O–H groups in total. The van der Waals surface area contributed by atoms with E-state index in [1.54, 1.807) is 16.7 Å². The molecule has 4 aromatic rings. The summed E-state index contributed by atoms with van der Waals surface area (Å²) in [5, 5.41) is 3.47. The first-order valence-corrected chi connectivity index (χ1v) is 9.77. The van der Waals surface area contributed by atoms with Crippen molar-refractivity contribution in [2.45, 2.75) is 19.4 Å². The van der Waals surface area contributed by atoms with E-state index in [2.05, 4.69) is 10.3 Å². The highest BCUT2D eigenvalue weighted by Crippen LogP contribution is 2.29. The number of para-hydroxylation sites is 4. The summed E-state index contributed by atoms with van der Waals surface area (Å²) in [6.07, 6.45) is 2.33. The maximum atomic E-state index is 12.5. The Morgan fingerprint density at radius 3 is 2.53 bits per heavy atom. The van der Waals surface area contributed by atoms with E-state index in [4.69, 9.17) is 4.74 Å². The molecule has 0 aliphatic rings. The lowest BCUT2D eigenvalue weighted by Gasteiger charge is -2.12. The number of amides is 1. The molecule has 30 heavy (non-hydrogen) atoms. The van der Waals surface area contributed by atoms with Gasteiger partial charge in [-0.2, -0.15) is 0 Å². The molecule has 0 saturated heterocycles. The summed E-state index contributed by atoms with van der Waals surface area (Å²) in [4.78, 5) is 29.3. The summed E-state index contributed by atoms with van der Waals surface area (Å²) in [5.41, 5.74) is 1.19. The van der Waals surface area contributed by atoms with Crippen LogP contribution in [0.3, 0.4) is 0 Å². The van der Waals surface area contributed by atoms with Crippen molar-refractivity contribution in [3.05, 3.63) is 95.5 Å². The Balaban J connectivity index is 1.37. The van der Waals surface area contributed by atoms with Crippen LogP contribution in [0.1, 0.15) is 12.8 Å². The van der Waals surface area contributed by atoms with Crippen LogP contribution in [0.5, 0.6) is 11.5 Å². The Morgan fingerprint density at radius 2 is 1.67 bits per heavy atom. The minimum absolute atomic E-state index is 0.0948. The van der Waals surface area contributed by atoms with Gasteiger partial charge in [-0.25, -0.2) is 4.98 Å². The Morgan fingerprint density at radius 1 is 0.933 bits per heavy atom. The topological polar surface area (TPSA) is 73.2 Å². The highest BCUT2D eigenvalue weighted by Gasteiger charge is 2.09. The number of anilines is 1. The lowest BCUT2D eigenvalue weighted by Crippen LogP contribution is -2.21. The van der Waals surface area contributed by atoms with E-state index in [0.717, 1.165) is 0 Å². The molecule has 4 rings (SSSR count). The average Bonchev–Trinajstić information content (AvgIpc) is 2.78. The molecule has 0 spiro atoms. The van der Waals surface area contributed by atoms with Crippen LogP contribution in [-0.4, -0.2) is 15.5 Å². The highest BCUT2D eigenvalue weighted by molar-refractivity contribution is 5.92. The normalized spacial score (nSPS) is 10.7. The van der Waals surface area contributed by atoms with E-state index >= 15 is 0 Å². The Kier molecular flexibility index (Phi) is 5.85. The zero-order chi connectivity index (χ0) is 20.8. The summed E-state index contributed by atoms with van der Waals surface area (Å²) in [6, 6.07) is 23.9. The second-order valence-electron chi connectivity index (χ2n) is 6.82. The van der Waals surface area contributed by atoms with E-state index in [0.29, 0.717) is 41.1 Å². The van der Waals surface area contributed by atoms with Gasteiger partial charge >= 0.3 is 0 Å². The van der Waals surface area contributed by atoms with Crippen LogP contribution in [0.15, 0.2) is 90.0 Å².